The van der Waals surface area contributed by atoms with Gasteiger partial charge >= 0.3 is 0 Å². The number of carbonyl (C=O) groups excluding carboxylic acids is 1. The lowest BCUT2D eigenvalue weighted by atomic mass is 10.0. The molecule has 1 unspecified atom stereocenters. The maximum absolute atomic E-state index is 13.3. The molecule has 4 rings (SSSR count). The Kier molecular flexibility index (Phi) is 4.68. The minimum atomic E-state index is -0.119. The van der Waals surface area contributed by atoms with Crippen LogP contribution in [0.4, 0.5) is 0 Å². The van der Waals surface area contributed by atoms with Gasteiger partial charge in [0.25, 0.3) is 5.91 Å². The maximum Gasteiger partial charge on any atom is 0.271 e. The van der Waals surface area contributed by atoms with Crippen LogP contribution in [0.5, 0.6) is 0 Å². The number of nitrogens with two attached hydrogens (primary N) is 1. The first-order valence-corrected chi connectivity index (χ1v) is 9.02. The van der Waals surface area contributed by atoms with E-state index in [1.165, 1.54) is 0 Å². The highest BCUT2D eigenvalue weighted by molar-refractivity contribution is 6.31. The molecule has 134 valence electrons. The van der Waals surface area contributed by atoms with Crippen molar-refractivity contribution in [2.24, 2.45) is 5.73 Å². The Morgan fingerprint density at radius 3 is 2.85 bits per heavy atom. The van der Waals surface area contributed by atoms with Gasteiger partial charge < -0.3 is 20.4 Å². The Hall–Kier alpha value is -2.34. The van der Waals surface area contributed by atoms with Gasteiger partial charge in [-0.15, -0.1) is 0 Å². The summed E-state index contributed by atoms with van der Waals surface area (Å²) in [5.41, 5.74) is 9.04. The monoisotopic (exact) mass is 369 g/mol. The Labute approximate surface area is 156 Å². The SMILES string of the molecule is NCC1CN(C(=O)c2[nH]c3ccc(Cl)cc3c2-c2ccccc2)CCO1. The Balaban J connectivity index is 1.83. The highest BCUT2D eigenvalue weighted by Crippen LogP contribution is 2.34. The summed E-state index contributed by atoms with van der Waals surface area (Å²) in [6.45, 7) is 1.96. The molecule has 26 heavy (non-hydrogen) atoms. The molecule has 0 radical (unpaired) electrons. The molecule has 1 aliphatic rings. The van der Waals surface area contributed by atoms with Crippen LogP contribution in [0.2, 0.25) is 5.02 Å². The summed E-state index contributed by atoms with van der Waals surface area (Å²) in [6.07, 6.45) is -0.119. The maximum atomic E-state index is 13.3. The molecular weight excluding hydrogens is 350 g/mol. The third-order valence-electron chi connectivity index (χ3n) is 4.73. The number of benzene rings is 2. The molecule has 0 saturated carbocycles. The number of carbonyl (C=O) groups is 1. The second-order valence-corrected chi connectivity index (χ2v) is 6.85. The van der Waals surface area contributed by atoms with Crippen LogP contribution in [0.1, 0.15) is 10.5 Å². The van der Waals surface area contributed by atoms with E-state index in [1.807, 2.05) is 48.5 Å². The predicted molar refractivity (Wildman–Crippen MR) is 103 cm³/mol. The fourth-order valence-electron chi connectivity index (χ4n) is 3.43. The number of nitrogens with zero attached hydrogens (tertiary/aromatic N) is 1. The predicted octanol–water partition coefficient (Wildman–Crippen LogP) is 3.29. The molecule has 2 aromatic carbocycles. The number of hydrogen-bond donors (Lipinski definition) is 2. The third-order valence-corrected chi connectivity index (χ3v) is 4.96. The molecule has 0 spiro atoms. The third kappa shape index (κ3) is 3.09. The van der Waals surface area contributed by atoms with Crippen LogP contribution in [0.25, 0.3) is 22.0 Å². The van der Waals surface area contributed by atoms with E-state index in [-0.39, 0.29) is 12.0 Å². The number of H-pyrrole nitrogens is 1. The van der Waals surface area contributed by atoms with Gasteiger partial charge in [-0.1, -0.05) is 41.9 Å². The van der Waals surface area contributed by atoms with Gasteiger partial charge in [-0.2, -0.15) is 0 Å². The second-order valence-electron chi connectivity index (χ2n) is 6.41. The lowest BCUT2D eigenvalue weighted by Crippen LogP contribution is -2.48. The molecule has 1 amide bonds. The summed E-state index contributed by atoms with van der Waals surface area (Å²) in [5.74, 6) is -0.0436. The first kappa shape index (κ1) is 17.1. The highest BCUT2D eigenvalue weighted by Gasteiger charge is 2.28. The van der Waals surface area contributed by atoms with E-state index in [0.29, 0.717) is 37.0 Å². The van der Waals surface area contributed by atoms with Crippen molar-refractivity contribution < 1.29 is 9.53 Å². The largest absolute Gasteiger partial charge is 0.373 e. The van der Waals surface area contributed by atoms with E-state index in [0.717, 1.165) is 22.0 Å². The van der Waals surface area contributed by atoms with E-state index in [1.54, 1.807) is 4.90 Å². The zero-order valence-corrected chi connectivity index (χ0v) is 15.0. The van der Waals surface area contributed by atoms with Crippen LogP contribution in [-0.2, 0) is 4.74 Å². The molecule has 1 aromatic heterocycles. The zero-order valence-electron chi connectivity index (χ0n) is 14.2. The minimum Gasteiger partial charge on any atom is -0.373 e. The Morgan fingerprint density at radius 2 is 2.08 bits per heavy atom. The molecule has 1 atom stereocenters. The number of fused-ring (bicyclic) bond motifs is 1. The van der Waals surface area contributed by atoms with Crippen LogP contribution in [0.15, 0.2) is 48.5 Å². The van der Waals surface area contributed by atoms with Crippen molar-refractivity contribution in [3.05, 3.63) is 59.2 Å². The van der Waals surface area contributed by atoms with Crippen LogP contribution in [-0.4, -0.2) is 48.1 Å². The summed E-state index contributed by atoms with van der Waals surface area (Å²) in [4.78, 5) is 18.4. The molecular formula is C20H20ClN3O2. The second kappa shape index (κ2) is 7.11. The van der Waals surface area contributed by atoms with Crippen molar-refractivity contribution in [3.63, 3.8) is 0 Å². The fourth-order valence-corrected chi connectivity index (χ4v) is 3.61. The Morgan fingerprint density at radius 1 is 1.27 bits per heavy atom. The average molecular weight is 370 g/mol. The van der Waals surface area contributed by atoms with Crippen molar-refractivity contribution in [1.29, 1.82) is 0 Å². The number of nitrogens with one attached hydrogen (secondary N) is 1. The normalized spacial score (nSPS) is 17.6. The van der Waals surface area contributed by atoms with Gasteiger partial charge in [-0.3, -0.25) is 4.79 Å². The van der Waals surface area contributed by atoms with Crippen molar-refractivity contribution in [1.82, 2.24) is 9.88 Å². The van der Waals surface area contributed by atoms with Crippen LogP contribution >= 0.6 is 11.6 Å². The van der Waals surface area contributed by atoms with E-state index in [9.17, 15) is 4.79 Å². The summed E-state index contributed by atoms with van der Waals surface area (Å²) in [5, 5.41) is 1.58. The van der Waals surface area contributed by atoms with Crippen molar-refractivity contribution in [2.75, 3.05) is 26.2 Å². The number of rotatable bonds is 3. The number of aromatic amines is 1. The van der Waals surface area contributed by atoms with Crippen LogP contribution in [0.3, 0.4) is 0 Å². The number of amides is 1. The number of hydrogen-bond acceptors (Lipinski definition) is 3. The smallest absolute Gasteiger partial charge is 0.271 e. The molecule has 0 bridgehead atoms. The number of halogens is 1. The topological polar surface area (TPSA) is 71.3 Å². The highest BCUT2D eigenvalue weighted by atomic mass is 35.5. The van der Waals surface area contributed by atoms with Gasteiger partial charge in [-0.25, -0.2) is 0 Å². The molecule has 5 nitrogen and oxygen atoms in total. The molecule has 1 saturated heterocycles. The first-order chi connectivity index (χ1) is 12.7. The standard InChI is InChI=1S/C20H20ClN3O2/c21-14-6-7-17-16(10-14)18(13-4-2-1-3-5-13)19(23-17)20(25)24-8-9-26-15(11-22)12-24/h1-7,10,15,23H,8-9,11-12,22H2. The molecule has 6 heteroatoms. The van der Waals surface area contributed by atoms with Gasteiger partial charge in [0, 0.05) is 41.1 Å². The molecule has 3 N–H and O–H groups in total. The zero-order chi connectivity index (χ0) is 18.1. The van der Waals surface area contributed by atoms with Gasteiger partial charge in [-0.05, 0) is 23.8 Å². The van der Waals surface area contributed by atoms with E-state index >= 15 is 0 Å². The molecule has 3 aromatic rings. The molecule has 1 fully saturated rings. The van der Waals surface area contributed by atoms with Crippen LogP contribution in [0, 0.1) is 0 Å². The summed E-state index contributed by atoms with van der Waals surface area (Å²) in [6, 6.07) is 15.5. The van der Waals surface area contributed by atoms with Crippen LogP contribution < -0.4 is 5.73 Å². The average Bonchev–Trinajstić information content (AvgIpc) is 3.06. The minimum absolute atomic E-state index is 0.0436. The number of morpholine rings is 1. The van der Waals surface area contributed by atoms with E-state index < -0.39 is 0 Å². The van der Waals surface area contributed by atoms with Gasteiger partial charge in [0.15, 0.2) is 0 Å². The lowest BCUT2D eigenvalue weighted by molar-refractivity contribution is -0.0168. The quantitative estimate of drug-likeness (QED) is 0.744. The number of aromatic nitrogens is 1. The molecule has 1 aliphatic heterocycles. The first-order valence-electron chi connectivity index (χ1n) is 8.65. The lowest BCUT2D eigenvalue weighted by Gasteiger charge is -2.32. The summed E-state index contributed by atoms with van der Waals surface area (Å²) in [7, 11) is 0. The fraction of sp³-hybridized carbons (Fsp3) is 0.250. The Bertz CT molecular complexity index is 939. The summed E-state index contributed by atoms with van der Waals surface area (Å²) < 4.78 is 5.59. The van der Waals surface area contributed by atoms with Gasteiger partial charge in [0.2, 0.25) is 0 Å². The summed E-state index contributed by atoms with van der Waals surface area (Å²) >= 11 is 6.21. The molecule has 2 heterocycles. The van der Waals surface area contributed by atoms with Gasteiger partial charge in [0.1, 0.15) is 5.69 Å². The number of ether oxygens (including phenoxy) is 1. The van der Waals surface area contributed by atoms with Crippen molar-refractivity contribution >= 4 is 28.4 Å². The van der Waals surface area contributed by atoms with Crippen molar-refractivity contribution in [2.45, 2.75) is 6.10 Å². The van der Waals surface area contributed by atoms with E-state index in [4.69, 9.17) is 22.1 Å². The van der Waals surface area contributed by atoms with Gasteiger partial charge in [0.05, 0.1) is 12.7 Å². The van der Waals surface area contributed by atoms with Crippen molar-refractivity contribution in [3.8, 4) is 11.1 Å². The van der Waals surface area contributed by atoms with E-state index in [2.05, 4.69) is 4.98 Å². The molecule has 0 aliphatic carbocycles.